The fourth-order valence-corrected chi connectivity index (χ4v) is 2.60. The van der Waals surface area contributed by atoms with Crippen LogP contribution in [0.25, 0.3) is 0 Å². The number of rotatable bonds is 4. The van der Waals surface area contributed by atoms with Gasteiger partial charge in [-0.15, -0.1) is 0 Å². The number of halogens is 1. The van der Waals surface area contributed by atoms with E-state index in [1.54, 1.807) is 0 Å². The molecule has 4 atom stereocenters. The van der Waals surface area contributed by atoms with Crippen LogP contribution in [0.15, 0.2) is 6.33 Å². The average Bonchev–Trinajstić information content (AvgIpc) is 2.71. The highest BCUT2D eigenvalue weighted by molar-refractivity contribution is 6.32. The predicted octanol–water partition coefficient (Wildman–Crippen LogP) is -0.526. The van der Waals surface area contributed by atoms with Crippen molar-refractivity contribution in [3.63, 3.8) is 0 Å². The second kappa shape index (κ2) is 5.87. The number of nitrogens with zero attached hydrogens (tertiary/aromatic N) is 2. The molecule has 1 saturated carbocycles. The number of nitrogens with two attached hydrogens (primary N) is 1. The van der Waals surface area contributed by atoms with E-state index in [1.165, 1.54) is 6.33 Å². The van der Waals surface area contributed by atoms with Crippen molar-refractivity contribution in [1.29, 1.82) is 0 Å². The Hall–Kier alpha value is -1.15. The van der Waals surface area contributed by atoms with Crippen LogP contribution in [0.5, 0.6) is 0 Å². The van der Waals surface area contributed by atoms with Crippen LogP contribution in [0.1, 0.15) is 6.42 Å². The van der Waals surface area contributed by atoms with Crippen molar-refractivity contribution in [2.24, 2.45) is 11.8 Å². The van der Waals surface area contributed by atoms with Crippen LogP contribution < -0.4 is 11.1 Å². The Bertz CT molecular complexity index is 446. The molecule has 2 rings (SSSR count). The number of aliphatic hydroxyl groups is 3. The Balaban J connectivity index is 2.19. The lowest BCUT2D eigenvalue weighted by atomic mass is 10.0. The molecule has 0 spiro atoms. The van der Waals surface area contributed by atoms with E-state index in [9.17, 15) is 15.3 Å². The summed E-state index contributed by atoms with van der Waals surface area (Å²) < 4.78 is 0. The predicted molar refractivity (Wildman–Crippen MR) is 70.6 cm³/mol. The number of nitrogens with one attached hydrogen (secondary N) is 1. The van der Waals surface area contributed by atoms with Gasteiger partial charge in [0, 0.05) is 25.0 Å². The molecule has 0 amide bonds. The smallest absolute Gasteiger partial charge is 0.157 e. The van der Waals surface area contributed by atoms with E-state index in [-0.39, 0.29) is 35.9 Å². The van der Waals surface area contributed by atoms with Gasteiger partial charge in [0.1, 0.15) is 12.0 Å². The maximum atomic E-state index is 10.1. The zero-order valence-electron chi connectivity index (χ0n) is 10.2. The maximum Gasteiger partial charge on any atom is 0.157 e. The van der Waals surface area contributed by atoms with Gasteiger partial charge in [-0.2, -0.15) is 0 Å². The molecule has 106 valence electrons. The first-order valence-corrected chi connectivity index (χ1v) is 6.38. The van der Waals surface area contributed by atoms with Gasteiger partial charge >= 0.3 is 0 Å². The van der Waals surface area contributed by atoms with E-state index in [1.807, 2.05) is 0 Å². The zero-order valence-corrected chi connectivity index (χ0v) is 11.0. The van der Waals surface area contributed by atoms with Crippen LogP contribution in [0, 0.1) is 11.8 Å². The minimum atomic E-state index is -0.782. The number of hydrogen-bond donors (Lipinski definition) is 5. The lowest BCUT2D eigenvalue weighted by Gasteiger charge is -2.24. The van der Waals surface area contributed by atoms with Gasteiger partial charge < -0.3 is 26.4 Å². The fourth-order valence-electron chi connectivity index (χ4n) is 2.47. The summed E-state index contributed by atoms with van der Waals surface area (Å²) in [4.78, 5) is 7.71. The summed E-state index contributed by atoms with van der Waals surface area (Å²) in [5.41, 5.74) is 5.94. The number of aliphatic hydroxyl groups excluding tert-OH is 3. The van der Waals surface area contributed by atoms with Gasteiger partial charge in [-0.05, 0) is 6.42 Å². The molecule has 7 nitrogen and oxygen atoms in total. The molecule has 1 aliphatic rings. The molecule has 0 aromatic carbocycles. The van der Waals surface area contributed by atoms with E-state index in [0.29, 0.717) is 12.2 Å². The van der Waals surface area contributed by atoms with E-state index in [4.69, 9.17) is 17.3 Å². The van der Waals surface area contributed by atoms with Gasteiger partial charge in [0.15, 0.2) is 11.0 Å². The Labute approximate surface area is 115 Å². The average molecular weight is 289 g/mol. The van der Waals surface area contributed by atoms with Crippen LogP contribution >= 0.6 is 11.6 Å². The van der Waals surface area contributed by atoms with Crippen LogP contribution in [-0.4, -0.2) is 50.6 Å². The molecule has 1 aromatic rings. The SMILES string of the molecule is Nc1c(Cl)ncnc1N[C@H]1[C@@H](CO)C[C@H](CO)[C@@H]1O. The monoisotopic (exact) mass is 288 g/mol. The molecule has 1 aliphatic carbocycles. The van der Waals surface area contributed by atoms with Crippen molar-refractivity contribution in [1.82, 2.24) is 9.97 Å². The highest BCUT2D eigenvalue weighted by atomic mass is 35.5. The quantitative estimate of drug-likeness (QED) is 0.472. The van der Waals surface area contributed by atoms with Gasteiger partial charge in [-0.25, -0.2) is 9.97 Å². The Morgan fingerprint density at radius 2 is 2.00 bits per heavy atom. The number of nitrogen functional groups attached to an aromatic ring is 1. The highest BCUT2D eigenvalue weighted by Crippen LogP contribution is 2.34. The third-order valence-electron chi connectivity index (χ3n) is 3.57. The molecular formula is C11H17ClN4O3. The molecular weight excluding hydrogens is 272 g/mol. The normalized spacial score (nSPS) is 30.5. The summed E-state index contributed by atoms with van der Waals surface area (Å²) >= 11 is 5.79. The highest BCUT2D eigenvalue weighted by Gasteiger charge is 2.42. The second-order valence-electron chi connectivity index (χ2n) is 4.71. The summed E-state index contributed by atoms with van der Waals surface area (Å²) in [6.07, 6.45) is 1.01. The summed E-state index contributed by atoms with van der Waals surface area (Å²) in [6.45, 7) is -0.222. The van der Waals surface area contributed by atoms with Crippen molar-refractivity contribution in [2.75, 3.05) is 24.3 Å². The first-order valence-electron chi connectivity index (χ1n) is 6.00. The van der Waals surface area contributed by atoms with Crippen LogP contribution in [0.4, 0.5) is 11.5 Å². The minimum Gasteiger partial charge on any atom is -0.396 e. The number of anilines is 2. The Morgan fingerprint density at radius 1 is 1.32 bits per heavy atom. The van der Waals surface area contributed by atoms with Crippen molar-refractivity contribution in [3.8, 4) is 0 Å². The van der Waals surface area contributed by atoms with E-state index in [0.717, 1.165) is 0 Å². The van der Waals surface area contributed by atoms with Crippen LogP contribution in [-0.2, 0) is 0 Å². The maximum absolute atomic E-state index is 10.1. The summed E-state index contributed by atoms with van der Waals surface area (Å²) in [5.74, 6) is -0.130. The molecule has 0 aliphatic heterocycles. The Kier molecular flexibility index (Phi) is 4.41. The van der Waals surface area contributed by atoms with Crippen molar-refractivity contribution in [2.45, 2.75) is 18.6 Å². The van der Waals surface area contributed by atoms with Crippen LogP contribution in [0.3, 0.4) is 0 Å². The zero-order chi connectivity index (χ0) is 14.0. The molecule has 6 N–H and O–H groups in total. The largest absolute Gasteiger partial charge is 0.396 e. The van der Waals surface area contributed by atoms with E-state index < -0.39 is 12.1 Å². The third-order valence-corrected chi connectivity index (χ3v) is 3.87. The first kappa shape index (κ1) is 14.3. The molecule has 19 heavy (non-hydrogen) atoms. The molecule has 0 unspecified atom stereocenters. The number of hydrogen-bond acceptors (Lipinski definition) is 7. The Morgan fingerprint density at radius 3 is 2.63 bits per heavy atom. The first-order chi connectivity index (χ1) is 9.08. The van der Waals surface area contributed by atoms with Gasteiger partial charge in [0.2, 0.25) is 0 Å². The standard InChI is InChI=1S/C11H17ClN4O3/c12-10-7(13)11(15-4-14-10)16-8-5(2-17)1-6(3-18)9(8)19/h4-6,8-9,17-19H,1-3,13H2,(H,14,15,16)/t5-,6-,8+,9+/m1/s1. The lowest BCUT2D eigenvalue weighted by Crippen LogP contribution is -2.38. The molecule has 1 fully saturated rings. The second-order valence-corrected chi connectivity index (χ2v) is 5.07. The molecule has 1 heterocycles. The van der Waals surface area contributed by atoms with Gasteiger partial charge in [0.05, 0.1) is 12.1 Å². The number of aromatic nitrogens is 2. The molecule has 8 heteroatoms. The third kappa shape index (κ3) is 2.74. The summed E-state index contributed by atoms with van der Waals surface area (Å²) in [5, 5.41) is 31.8. The van der Waals surface area contributed by atoms with Gasteiger partial charge in [0.25, 0.3) is 0 Å². The minimum absolute atomic E-state index is 0.0933. The fraction of sp³-hybridized carbons (Fsp3) is 0.636. The molecule has 0 saturated heterocycles. The van der Waals surface area contributed by atoms with Crippen molar-refractivity contribution in [3.05, 3.63) is 11.5 Å². The molecule has 0 bridgehead atoms. The molecule has 1 aromatic heterocycles. The van der Waals surface area contributed by atoms with Crippen molar-refractivity contribution < 1.29 is 15.3 Å². The van der Waals surface area contributed by atoms with E-state index in [2.05, 4.69) is 15.3 Å². The van der Waals surface area contributed by atoms with Crippen LogP contribution in [0.2, 0.25) is 5.15 Å². The summed E-state index contributed by atoms with van der Waals surface area (Å²) in [6, 6.07) is -0.435. The van der Waals surface area contributed by atoms with E-state index >= 15 is 0 Å². The topological polar surface area (TPSA) is 125 Å². The van der Waals surface area contributed by atoms with Crippen molar-refractivity contribution >= 4 is 23.1 Å². The molecule has 0 radical (unpaired) electrons. The van der Waals surface area contributed by atoms with Gasteiger partial charge in [-0.3, -0.25) is 0 Å². The summed E-state index contributed by atoms with van der Waals surface area (Å²) in [7, 11) is 0. The van der Waals surface area contributed by atoms with Gasteiger partial charge in [-0.1, -0.05) is 11.6 Å². The lowest BCUT2D eigenvalue weighted by molar-refractivity contribution is 0.0830.